The van der Waals surface area contributed by atoms with Crippen LogP contribution in [0.15, 0.2) is 35.3 Å². The first-order chi connectivity index (χ1) is 7.65. The van der Waals surface area contributed by atoms with Crippen LogP contribution in [0.1, 0.15) is 11.3 Å². The van der Waals surface area contributed by atoms with Crippen LogP contribution in [0, 0.1) is 18.3 Å². The fourth-order valence-electron chi connectivity index (χ4n) is 1.76. The predicted molar refractivity (Wildman–Crippen MR) is 60.5 cm³/mol. The standard InChI is InChI=1S/C12H11N3O/c1-9-8-14(2)12(16)15(9)11-6-4-3-5-10(11)7-13/h3-6,8H,1-2H3. The van der Waals surface area contributed by atoms with Crippen LogP contribution in [-0.4, -0.2) is 9.13 Å². The second-order valence-corrected chi connectivity index (χ2v) is 3.63. The zero-order valence-electron chi connectivity index (χ0n) is 9.14. The van der Waals surface area contributed by atoms with E-state index in [1.165, 1.54) is 4.57 Å². The third kappa shape index (κ3) is 1.43. The summed E-state index contributed by atoms with van der Waals surface area (Å²) in [5.74, 6) is 0. The number of aromatic nitrogens is 2. The van der Waals surface area contributed by atoms with Gasteiger partial charge >= 0.3 is 5.69 Å². The van der Waals surface area contributed by atoms with Gasteiger partial charge in [-0.2, -0.15) is 5.26 Å². The van der Waals surface area contributed by atoms with E-state index in [9.17, 15) is 4.79 Å². The molecule has 1 aromatic heterocycles. The lowest BCUT2D eigenvalue weighted by molar-refractivity contribution is 0.820. The Labute approximate surface area is 93.0 Å². The summed E-state index contributed by atoms with van der Waals surface area (Å²) in [5.41, 5.74) is 1.81. The molecular weight excluding hydrogens is 202 g/mol. The van der Waals surface area contributed by atoms with Crippen molar-refractivity contribution < 1.29 is 0 Å². The van der Waals surface area contributed by atoms with Crippen molar-refractivity contribution in [3.05, 3.63) is 52.2 Å². The molecule has 0 bridgehead atoms. The highest BCUT2D eigenvalue weighted by molar-refractivity contribution is 5.49. The van der Waals surface area contributed by atoms with Gasteiger partial charge in [-0.3, -0.25) is 4.57 Å². The minimum absolute atomic E-state index is 0.139. The maximum atomic E-state index is 11.9. The Kier molecular flexibility index (Phi) is 2.37. The maximum absolute atomic E-state index is 11.9. The zero-order valence-corrected chi connectivity index (χ0v) is 9.14. The molecule has 0 fully saturated rings. The van der Waals surface area contributed by atoms with Gasteiger partial charge in [-0.25, -0.2) is 4.79 Å². The van der Waals surface area contributed by atoms with Crippen molar-refractivity contribution in [2.75, 3.05) is 0 Å². The van der Waals surface area contributed by atoms with Gasteiger partial charge in [0.2, 0.25) is 0 Å². The van der Waals surface area contributed by atoms with Gasteiger partial charge in [0.15, 0.2) is 0 Å². The number of nitriles is 1. The Balaban J connectivity index is 2.78. The molecule has 0 N–H and O–H groups in total. The summed E-state index contributed by atoms with van der Waals surface area (Å²) < 4.78 is 3.04. The molecule has 0 unspecified atom stereocenters. The fraction of sp³-hybridized carbons (Fsp3) is 0.167. The summed E-state index contributed by atoms with van der Waals surface area (Å²) in [5, 5.41) is 9.00. The van der Waals surface area contributed by atoms with Crippen LogP contribution in [-0.2, 0) is 7.05 Å². The van der Waals surface area contributed by atoms with Gasteiger partial charge in [0.05, 0.1) is 11.3 Å². The second-order valence-electron chi connectivity index (χ2n) is 3.63. The Bertz CT molecular complexity index is 628. The molecule has 1 heterocycles. The van der Waals surface area contributed by atoms with Crippen molar-refractivity contribution in [2.24, 2.45) is 7.05 Å². The molecule has 80 valence electrons. The number of hydrogen-bond donors (Lipinski definition) is 0. The highest BCUT2D eigenvalue weighted by Gasteiger charge is 2.10. The van der Waals surface area contributed by atoms with Crippen molar-refractivity contribution in [1.82, 2.24) is 9.13 Å². The lowest BCUT2D eigenvalue weighted by Gasteiger charge is -2.05. The van der Waals surface area contributed by atoms with Gasteiger partial charge in [-0.05, 0) is 19.1 Å². The first-order valence-corrected chi connectivity index (χ1v) is 4.89. The smallest absolute Gasteiger partial charge is 0.302 e. The van der Waals surface area contributed by atoms with Crippen molar-refractivity contribution in [2.45, 2.75) is 6.92 Å². The molecule has 1 aromatic carbocycles. The lowest BCUT2D eigenvalue weighted by Crippen LogP contribution is -2.22. The quantitative estimate of drug-likeness (QED) is 0.718. The van der Waals surface area contributed by atoms with E-state index >= 15 is 0 Å². The number of benzene rings is 1. The average Bonchev–Trinajstić information content (AvgIpc) is 2.53. The van der Waals surface area contributed by atoms with Crippen LogP contribution < -0.4 is 5.69 Å². The van der Waals surface area contributed by atoms with Crippen LogP contribution in [0.25, 0.3) is 5.69 Å². The highest BCUT2D eigenvalue weighted by Crippen LogP contribution is 2.13. The van der Waals surface area contributed by atoms with Crippen molar-refractivity contribution in [3.63, 3.8) is 0 Å². The number of imidazole rings is 1. The molecule has 4 nitrogen and oxygen atoms in total. The monoisotopic (exact) mass is 213 g/mol. The summed E-state index contributed by atoms with van der Waals surface area (Å²) in [7, 11) is 1.70. The minimum Gasteiger partial charge on any atom is -0.302 e. The Morgan fingerprint density at radius 2 is 2.00 bits per heavy atom. The van der Waals surface area contributed by atoms with Crippen LogP contribution >= 0.6 is 0 Å². The molecule has 0 atom stereocenters. The second kappa shape index (κ2) is 3.70. The van der Waals surface area contributed by atoms with E-state index in [0.717, 1.165) is 5.69 Å². The van der Waals surface area contributed by atoms with Gasteiger partial charge in [0, 0.05) is 18.9 Å². The van der Waals surface area contributed by atoms with Crippen molar-refractivity contribution in [1.29, 1.82) is 5.26 Å². The Morgan fingerprint density at radius 3 is 2.56 bits per heavy atom. The molecule has 0 amide bonds. The van der Waals surface area contributed by atoms with Gasteiger partial charge in [-0.1, -0.05) is 12.1 Å². The molecule has 2 aromatic rings. The summed E-state index contributed by atoms with van der Waals surface area (Å²) in [4.78, 5) is 11.9. The molecule has 0 saturated carbocycles. The number of aryl methyl sites for hydroxylation is 2. The zero-order chi connectivity index (χ0) is 11.7. The van der Waals surface area contributed by atoms with Gasteiger partial charge in [0.1, 0.15) is 6.07 Å². The van der Waals surface area contributed by atoms with Crippen LogP contribution in [0.2, 0.25) is 0 Å². The van der Waals surface area contributed by atoms with Gasteiger partial charge in [-0.15, -0.1) is 0 Å². The molecular formula is C12H11N3O. The first-order valence-electron chi connectivity index (χ1n) is 4.89. The van der Waals surface area contributed by atoms with E-state index < -0.39 is 0 Å². The molecule has 0 radical (unpaired) electrons. The van der Waals surface area contributed by atoms with Crippen molar-refractivity contribution >= 4 is 0 Å². The molecule has 0 spiro atoms. The van der Waals surface area contributed by atoms with Gasteiger partial charge in [0.25, 0.3) is 0 Å². The number of nitrogens with zero attached hydrogens (tertiary/aromatic N) is 3. The molecule has 0 aliphatic heterocycles. The SMILES string of the molecule is Cc1cn(C)c(=O)n1-c1ccccc1C#N. The summed E-state index contributed by atoms with van der Waals surface area (Å²) >= 11 is 0. The van der Waals surface area contributed by atoms with Crippen LogP contribution in [0.3, 0.4) is 0 Å². The number of para-hydroxylation sites is 1. The largest absolute Gasteiger partial charge is 0.332 e. The average molecular weight is 213 g/mol. The minimum atomic E-state index is -0.139. The Hall–Kier alpha value is -2.28. The van der Waals surface area contributed by atoms with E-state index in [4.69, 9.17) is 5.26 Å². The normalized spacial score (nSPS) is 10.1. The maximum Gasteiger partial charge on any atom is 0.332 e. The highest BCUT2D eigenvalue weighted by atomic mass is 16.1. The van der Waals surface area contributed by atoms with Crippen molar-refractivity contribution in [3.8, 4) is 11.8 Å². The van der Waals surface area contributed by atoms with E-state index in [1.807, 2.05) is 13.0 Å². The molecule has 0 aliphatic carbocycles. The van der Waals surface area contributed by atoms with E-state index in [2.05, 4.69) is 6.07 Å². The molecule has 0 aliphatic rings. The third-order valence-corrected chi connectivity index (χ3v) is 2.49. The van der Waals surface area contributed by atoms with E-state index in [0.29, 0.717) is 11.3 Å². The van der Waals surface area contributed by atoms with Crippen LogP contribution in [0.5, 0.6) is 0 Å². The van der Waals surface area contributed by atoms with Gasteiger partial charge < -0.3 is 4.57 Å². The number of hydrogen-bond acceptors (Lipinski definition) is 2. The molecule has 4 heteroatoms. The van der Waals surface area contributed by atoms with E-state index in [1.54, 1.807) is 36.0 Å². The summed E-state index contributed by atoms with van der Waals surface area (Å²) in [6.07, 6.45) is 1.75. The topological polar surface area (TPSA) is 50.7 Å². The summed E-state index contributed by atoms with van der Waals surface area (Å²) in [6, 6.07) is 9.16. The first kappa shape index (κ1) is 10.2. The molecule has 16 heavy (non-hydrogen) atoms. The predicted octanol–water partition coefficient (Wildman–Crippen LogP) is 1.36. The lowest BCUT2D eigenvalue weighted by atomic mass is 10.2. The third-order valence-electron chi connectivity index (χ3n) is 2.49. The Morgan fingerprint density at radius 1 is 1.31 bits per heavy atom. The molecule has 0 saturated heterocycles. The van der Waals surface area contributed by atoms with Crippen LogP contribution in [0.4, 0.5) is 0 Å². The fourth-order valence-corrected chi connectivity index (χ4v) is 1.76. The summed E-state index contributed by atoms with van der Waals surface area (Å²) in [6.45, 7) is 1.84. The number of rotatable bonds is 1. The molecule has 2 rings (SSSR count). The van der Waals surface area contributed by atoms with E-state index in [-0.39, 0.29) is 5.69 Å².